The monoisotopic (exact) mass is 385 g/mol. The van der Waals surface area contributed by atoms with Crippen LogP contribution in [0.5, 0.6) is 0 Å². The van der Waals surface area contributed by atoms with E-state index in [1.54, 1.807) is 0 Å². The summed E-state index contributed by atoms with van der Waals surface area (Å²) in [5.41, 5.74) is 0. The molecule has 0 aromatic heterocycles. The molecule has 0 unspecified atom stereocenters. The van der Waals surface area contributed by atoms with Crippen LogP contribution in [0.2, 0.25) is 0 Å². The smallest absolute Gasteiger partial charge is 0.253 e. The number of hydrazine groups is 1. The zero-order valence-corrected chi connectivity index (χ0v) is 16.1. The maximum Gasteiger partial charge on any atom is 0.253 e. The van der Waals surface area contributed by atoms with Crippen LogP contribution in [0.4, 0.5) is 0 Å². The van der Waals surface area contributed by atoms with E-state index in [9.17, 15) is 14.4 Å². The summed E-state index contributed by atoms with van der Waals surface area (Å²) in [6.45, 7) is 4.89. The lowest BCUT2D eigenvalue weighted by atomic mass is 10.2. The van der Waals surface area contributed by atoms with Gasteiger partial charge in [0, 0.05) is 18.6 Å². The van der Waals surface area contributed by atoms with Crippen molar-refractivity contribution in [3.63, 3.8) is 0 Å². The predicted molar refractivity (Wildman–Crippen MR) is 98.4 cm³/mol. The van der Waals surface area contributed by atoms with Gasteiger partial charge in [-0.3, -0.25) is 24.3 Å². The summed E-state index contributed by atoms with van der Waals surface area (Å²) in [5.74, 6) is 5.00. The van der Waals surface area contributed by atoms with E-state index < -0.39 is 0 Å². The fraction of sp³-hybridized carbons (Fsp3) is 0.722. The Kier molecular flexibility index (Phi) is 12.3. The van der Waals surface area contributed by atoms with Crippen molar-refractivity contribution in [1.82, 2.24) is 9.91 Å². The largest absolute Gasteiger partial charge is 0.377 e. The lowest BCUT2D eigenvalue weighted by molar-refractivity contribution is -0.137. The number of rotatable bonds is 16. The van der Waals surface area contributed by atoms with Crippen LogP contribution < -0.4 is 5.84 Å². The van der Waals surface area contributed by atoms with Crippen LogP contribution in [0.25, 0.3) is 0 Å². The van der Waals surface area contributed by atoms with Crippen LogP contribution in [0, 0.1) is 0 Å². The molecule has 0 fully saturated rings. The SMILES string of the molecule is CCCCCC(=O)N(N)CCOCCOCCOCCN1C(=O)C=CC1=O. The third kappa shape index (κ3) is 10.2. The van der Waals surface area contributed by atoms with Gasteiger partial charge in [0.05, 0.1) is 52.7 Å². The Morgan fingerprint density at radius 3 is 2.11 bits per heavy atom. The van der Waals surface area contributed by atoms with E-state index in [0.717, 1.165) is 24.2 Å². The maximum atomic E-state index is 11.7. The molecular weight excluding hydrogens is 354 g/mol. The topological polar surface area (TPSA) is 111 Å². The molecule has 27 heavy (non-hydrogen) atoms. The van der Waals surface area contributed by atoms with Gasteiger partial charge in [-0.15, -0.1) is 0 Å². The third-order valence-corrected chi connectivity index (χ3v) is 3.89. The minimum absolute atomic E-state index is 0.0615. The second-order valence-electron chi connectivity index (χ2n) is 6.04. The highest BCUT2D eigenvalue weighted by Gasteiger charge is 2.22. The van der Waals surface area contributed by atoms with Crippen molar-refractivity contribution in [2.75, 3.05) is 52.7 Å². The molecule has 0 spiro atoms. The molecular formula is C18H31N3O6. The van der Waals surface area contributed by atoms with Crippen molar-refractivity contribution in [3.05, 3.63) is 12.2 Å². The molecule has 9 heteroatoms. The molecule has 0 atom stereocenters. The highest BCUT2D eigenvalue weighted by Crippen LogP contribution is 2.02. The van der Waals surface area contributed by atoms with E-state index in [4.69, 9.17) is 20.1 Å². The summed E-state index contributed by atoms with van der Waals surface area (Å²) in [4.78, 5) is 35.4. The predicted octanol–water partition coefficient (Wildman–Crippen LogP) is 0.244. The highest BCUT2D eigenvalue weighted by molar-refractivity contribution is 6.12. The van der Waals surface area contributed by atoms with Gasteiger partial charge < -0.3 is 14.2 Å². The van der Waals surface area contributed by atoms with Gasteiger partial charge in [-0.2, -0.15) is 0 Å². The second kappa shape index (κ2) is 14.3. The number of nitrogens with zero attached hydrogens (tertiary/aromatic N) is 2. The Morgan fingerprint density at radius 1 is 0.963 bits per heavy atom. The van der Waals surface area contributed by atoms with Crippen LogP contribution in [0.1, 0.15) is 32.6 Å². The number of hydrogen-bond donors (Lipinski definition) is 1. The molecule has 0 saturated heterocycles. The van der Waals surface area contributed by atoms with Crippen molar-refractivity contribution >= 4 is 17.7 Å². The first-order chi connectivity index (χ1) is 13.1. The van der Waals surface area contributed by atoms with Gasteiger partial charge in [0.2, 0.25) is 5.91 Å². The molecule has 1 heterocycles. The molecule has 0 aromatic carbocycles. The van der Waals surface area contributed by atoms with E-state index >= 15 is 0 Å². The Morgan fingerprint density at radius 2 is 1.52 bits per heavy atom. The Hall–Kier alpha value is -1.81. The molecule has 1 rings (SSSR count). The average Bonchev–Trinajstić information content (AvgIpc) is 2.97. The number of amides is 3. The first-order valence-electron chi connectivity index (χ1n) is 9.38. The van der Waals surface area contributed by atoms with E-state index in [0.29, 0.717) is 46.0 Å². The number of hydrogen-bond acceptors (Lipinski definition) is 7. The highest BCUT2D eigenvalue weighted by atomic mass is 16.5. The van der Waals surface area contributed by atoms with E-state index in [2.05, 4.69) is 6.92 Å². The lowest BCUT2D eigenvalue weighted by Crippen LogP contribution is -2.39. The minimum Gasteiger partial charge on any atom is -0.377 e. The number of carbonyl (C=O) groups excluding carboxylic acids is 3. The summed E-state index contributed by atoms with van der Waals surface area (Å²) in [6, 6.07) is 0. The number of imide groups is 1. The zero-order valence-electron chi connectivity index (χ0n) is 16.1. The molecule has 9 nitrogen and oxygen atoms in total. The zero-order chi connectivity index (χ0) is 19.9. The lowest BCUT2D eigenvalue weighted by Gasteiger charge is -2.16. The molecule has 1 aliphatic rings. The summed E-state index contributed by atoms with van der Waals surface area (Å²) >= 11 is 0. The quantitative estimate of drug-likeness (QED) is 0.133. The Balaban J connectivity index is 1.85. The summed E-state index contributed by atoms with van der Waals surface area (Å²) < 4.78 is 16.0. The molecule has 0 radical (unpaired) electrons. The van der Waals surface area contributed by atoms with Crippen LogP contribution in [-0.2, 0) is 28.6 Å². The van der Waals surface area contributed by atoms with Gasteiger partial charge >= 0.3 is 0 Å². The first-order valence-corrected chi connectivity index (χ1v) is 9.38. The van der Waals surface area contributed by atoms with Gasteiger partial charge in [-0.25, -0.2) is 5.84 Å². The van der Waals surface area contributed by atoms with Gasteiger partial charge in [0.25, 0.3) is 11.8 Å². The second-order valence-corrected chi connectivity index (χ2v) is 6.04. The molecule has 0 saturated carbocycles. The number of unbranched alkanes of at least 4 members (excludes halogenated alkanes) is 2. The first kappa shape index (κ1) is 23.2. The molecule has 0 bridgehead atoms. The molecule has 154 valence electrons. The van der Waals surface area contributed by atoms with Crippen molar-refractivity contribution in [3.8, 4) is 0 Å². The molecule has 2 N–H and O–H groups in total. The fourth-order valence-electron chi connectivity index (χ4n) is 2.31. The van der Waals surface area contributed by atoms with E-state index in [1.165, 1.54) is 17.2 Å². The van der Waals surface area contributed by atoms with E-state index in [1.807, 2.05) is 0 Å². The number of carbonyl (C=O) groups is 3. The Bertz CT molecular complexity index is 479. The van der Waals surface area contributed by atoms with Crippen molar-refractivity contribution in [2.45, 2.75) is 32.6 Å². The standard InChI is InChI=1S/C18H31N3O6/c1-2-3-4-5-18(24)21(19)9-11-26-13-15-27-14-12-25-10-8-20-16(22)6-7-17(20)23/h6-7H,2-5,8-15,19H2,1H3. The molecule has 1 aliphatic heterocycles. The van der Waals surface area contributed by atoms with Crippen LogP contribution in [0.15, 0.2) is 12.2 Å². The summed E-state index contributed by atoms with van der Waals surface area (Å²) in [5, 5.41) is 1.20. The molecule has 0 aromatic rings. The molecule has 0 aliphatic carbocycles. The average molecular weight is 385 g/mol. The van der Waals surface area contributed by atoms with E-state index in [-0.39, 0.29) is 30.9 Å². The van der Waals surface area contributed by atoms with Crippen molar-refractivity contribution < 1.29 is 28.6 Å². The fourth-order valence-corrected chi connectivity index (χ4v) is 2.31. The Labute approximate surface area is 160 Å². The van der Waals surface area contributed by atoms with Crippen LogP contribution in [0.3, 0.4) is 0 Å². The van der Waals surface area contributed by atoms with Gasteiger partial charge in [-0.1, -0.05) is 19.8 Å². The van der Waals surface area contributed by atoms with Crippen LogP contribution >= 0.6 is 0 Å². The minimum atomic E-state index is -0.310. The number of nitrogens with two attached hydrogens (primary N) is 1. The van der Waals surface area contributed by atoms with Gasteiger partial charge in [0.1, 0.15) is 0 Å². The summed E-state index contributed by atoms with van der Waals surface area (Å²) in [7, 11) is 0. The third-order valence-electron chi connectivity index (χ3n) is 3.89. The van der Waals surface area contributed by atoms with Crippen molar-refractivity contribution in [1.29, 1.82) is 0 Å². The number of ether oxygens (including phenoxy) is 3. The maximum absolute atomic E-state index is 11.7. The molecule has 3 amide bonds. The normalized spacial score (nSPS) is 13.6. The summed E-state index contributed by atoms with van der Waals surface area (Å²) in [6.07, 6.45) is 5.94. The van der Waals surface area contributed by atoms with Gasteiger partial charge in [0.15, 0.2) is 0 Å². The van der Waals surface area contributed by atoms with Gasteiger partial charge in [-0.05, 0) is 6.42 Å². The van der Waals surface area contributed by atoms with Crippen LogP contribution in [-0.4, -0.2) is 80.4 Å². The van der Waals surface area contributed by atoms with Crippen molar-refractivity contribution in [2.24, 2.45) is 5.84 Å².